The fourth-order valence-electron chi connectivity index (χ4n) is 2.10. The Morgan fingerprint density at radius 3 is 2.67 bits per heavy atom. The molecule has 0 aliphatic carbocycles. The van der Waals surface area contributed by atoms with Gasteiger partial charge >= 0.3 is 0 Å². The maximum absolute atomic E-state index is 11.6. The Morgan fingerprint density at radius 2 is 2.07 bits per heavy atom. The molecule has 1 saturated heterocycles. The lowest BCUT2D eigenvalue weighted by Gasteiger charge is -2.15. The van der Waals surface area contributed by atoms with Gasteiger partial charge in [-0.25, -0.2) is 0 Å². The van der Waals surface area contributed by atoms with Gasteiger partial charge in [0.25, 0.3) is 0 Å². The Kier molecular flexibility index (Phi) is 6.15. The van der Waals surface area contributed by atoms with Gasteiger partial charge in [-0.1, -0.05) is 32.6 Å². The van der Waals surface area contributed by atoms with Crippen LogP contribution in [0.15, 0.2) is 0 Å². The van der Waals surface area contributed by atoms with Gasteiger partial charge in [0.15, 0.2) is 0 Å². The third kappa shape index (κ3) is 4.45. The second-order valence-corrected chi connectivity index (χ2v) is 4.87. The fourth-order valence-corrected chi connectivity index (χ4v) is 2.34. The van der Waals surface area contributed by atoms with Crippen molar-refractivity contribution < 1.29 is 4.79 Å². The van der Waals surface area contributed by atoms with Crippen LogP contribution in [0.5, 0.6) is 0 Å². The summed E-state index contributed by atoms with van der Waals surface area (Å²) < 4.78 is 0. The van der Waals surface area contributed by atoms with E-state index in [0.717, 1.165) is 25.3 Å². The van der Waals surface area contributed by atoms with Crippen molar-refractivity contribution in [3.05, 3.63) is 0 Å². The molecule has 1 amide bonds. The summed E-state index contributed by atoms with van der Waals surface area (Å²) in [5.74, 6) is 1.68. The Labute approximate surface area is 98.8 Å². The molecule has 0 N–H and O–H groups in total. The first-order valence-electron chi connectivity index (χ1n) is 6.16. The fraction of sp³-hybridized carbons (Fsp3) is 0.917. The Bertz CT molecular complexity index is 196. The minimum atomic E-state index is 0.338. The average Bonchev–Trinajstić information content (AvgIpc) is 2.59. The smallest absolute Gasteiger partial charge is 0.222 e. The van der Waals surface area contributed by atoms with E-state index in [0.29, 0.717) is 11.8 Å². The number of thiol groups is 1. The van der Waals surface area contributed by atoms with E-state index < -0.39 is 0 Å². The first kappa shape index (κ1) is 12.9. The first-order chi connectivity index (χ1) is 7.27. The molecule has 0 aromatic carbocycles. The number of carbonyl (C=O) groups is 1. The predicted octanol–water partition coefficient (Wildman–Crippen LogP) is 2.74. The van der Waals surface area contributed by atoms with Crippen LogP contribution in [-0.4, -0.2) is 29.6 Å². The largest absolute Gasteiger partial charge is 0.342 e. The van der Waals surface area contributed by atoms with Crippen LogP contribution in [0.1, 0.15) is 45.4 Å². The van der Waals surface area contributed by atoms with Crippen molar-refractivity contribution in [2.75, 3.05) is 18.8 Å². The molecule has 3 heteroatoms. The lowest BCUT2D eigenvalue weighted by molar-refractivity contribution is -0.127. The summed E-state index contributed by atoms with van der Waals surface area (Å²) in [5.41, 5.74) is 0. The van der Waals surface area contributed by atoms with Crippen LogP contribution < -0.4 is 0 Å². The van der Waals surface area contributed by atoms with E-state index in [9.17, 15) is 4.79 Å². The van der Waals surface area contributed by atoms with E-state index >= 15 is 0 Å². The number of likely N-dealkylation sites (tertiary alicyclic amines) is 1. The van der Waals surface area contributed by atoms with Crippen LogP contribution in [0.2, 0.25) is 0 Å². The van der Waals surface area contributed by atoms with Crippen LogP contribution in [0, 0.1) is 5.92 Å². The summed E-state index contributed by atoms with van der Waals surface area (Å²) in [6, 6.07) is 0. The molecule has 0 aromatic rings. The lowest BCUT2D eigenvalue weighted by Crippen LogP contribution is -2.26. The Balaban J connectivity index is 2.08. The standard InChI is InChI=1S/C12H23NOS/c1-2-3-4-5-6-7-13-9-11(10-15)8-12(13)14/h11,15H,2-10H2,1H3. The minimum absolute atomic E-state index is 0.338. The summed E-state index contributed by atoms with van der Waals surface area (Å²) in [7, 11) is 0. The number of nitrogens with zero attached hydrogens (tertiary/aromatic N) is 1. The zero-order valence-electron chi connectivity index (χ0n) is 9.74. The average molecular weight is 229 g/mol. The number of hydrogen-bond donors (Lipinski definition) is 1. The third-order valence-electron chi connectivity index (χ3n) is 3.08. The van der Waals surface area contributed by atoms with Crippen molar-refractivity contribution in [1.82, 2.24) is 4.90 Å². The molecular weight excluding hydrogens is 206 g/mol. The second kappa shape index (κ2) is 7.15. The molecular formula is C12H23NOS. The van der Waals surface area contributed by atoms with Gasteiger partial charge in [0.05, 0.1) is 0 Å². The van der Waals surface area contributed by atoms with Crippen molar-refractivity contribution in [2.45, 2.75) is 45.4 Å². The summed E-state index contributed by atoms with van der Waals surface area (Å²) >= 11 is 4.26. The van der Waals surface area contributed by atoms with E-state index in [2.05, 4.69) is 19.6 Å². The molecule has 1 aliphatic heterocycles. The van der Waals surface area contributed by atoms with E-state index in [1.807, 2.05) is 4.90 Å². The molecule has 15 heavy (non-hydrogen) atoms. The summed E-state index contributed by atoms with van der Waals surface area (Å²) in [6.07, 6.45) is 7.08. The highest BCUT2D eigenvalue weighted by Gasteiger charge is 2.27. The Morgan fingerprint density at radius 1 is 1.33 bits per heavy atom. The van der Waals surface area contributed by atoms with Crippen molar-refractivity contribution in [3.63, 3.8) is 0 Å². The molecule has 0 saturated carbocycles. The molecule has 1 fully saturated rings. The number of carbonyl (C=O) groups excluding carboxylic acids is 1. The second-order valence-electron chi connectivity index (χ2n) is 4.51. The summed E-state index contributed by atoms with van der Waals surface area (Å²) in [5, 5.41) is 0. The number of amides is 1. The van der Waals surface area contributed by atoms with Crippen LogP contribution in [-0.2, 0) is 4.79 Å². The van der Waals surface area contributed by atoms with E-state index in [-0.39, 0.29) is 0 Å². The molecule has 0 radical (unpaired) electrons. The molecule has 1 heterocycles. The normalized spacial score (nSPS) is 21.3. The molecule has 1 rings (SSSR count). The van der Waals surface area contributed by atoms with E-state index in [1.165, 1.54) is 32.1 Å². The zero-order chi connectivity index (χ0) is 11.1. The number of rotatable bonds is 7. The highest BCUT2D eigenvalue weighted by Crippen LogP contribution is 2.19. The van der Waals surface area contributed by atoms with Gasteiger partial charge < -0.3 is 4.90 Å². The van der Waals surface area contributed by atoms with Gasteiger partial charge in [-0.3, -0.25) is 4.79 Å². The third-order valence-corrected chi connectivity index (χ3v) is 3.60. The van der Waals surface area contributed by atoms with Gasteiger partial charge in [-0.05, 0) is 18.1 Å². The first-order valence-corrected chi connectivity index (χ1v) is 6.79. The molecule has 0 spiro atoms. The van der Waals surface area contributed by atoms with Crippen LogP contribution in [0.3, 0.4) is 0 Å². The predicted molar refractivity (Wildman–Crippen MR) is 67.3 cm³/mol. The van der Waals surface area contributed by atoms with Crippen LogP contribution in [0.25, 0.3) is 0 Å². The monoisotopic (exact) mass is 229 g/mol. The number of hydrogen-bond acceptors (Lipinski definition) is 2. The van der Waals surface area contributed by atoms with Crippen molar-refractivity contribution in [2.24, 2.45) is 5.92 Å². The van der Waals surface area contributed by atoms with Crippen LogP contribution >= 0.6 is 12.6 Å². The maximum Gasteiger partial charge on any atom is 0.222 e. The minimum Gasteiger partial charge on any atom is -0.342 e. The van der Waals surface area contributed by atoms with E-state index in [4.69, 9.17) is 0 Å². The summed E-state index contributed by atoms with van der Waals surface area (Å²) in [4.78, 5) is 13.6. The maximum atomic E-state index is 11.6. The molecule has 2 nitrogen and oxygen atoms in total. The molecule has 88 valence electrons. The van der Waals surface area contributed by atoms with Gasteiger partial charge in [0, 0.05) is 19.5 Å². The Hall–Kier alpha value is -0.180. The van der Waals surface area contributed by atoms with Crippen molar-refractivity contribution in [1.29, 1.82) is 0 Å². The van der Waals surface area contributed by atoms with Gasteiger partial charge in [0.1, 0.15) is 0 Å². The van der Waals surface area contributed by atoms with Crippen molar-refractivity contribution in [3.8, 4) is 0 Å². The zero-order valence-corrected chi connectivity index (χ0v) is 10.6. The van der Waals surface area contributed by atoms with Gasteiger partial charge in [-0.15, -0.1) is 0 Å². The lowest BCUT2D eigenvalue weighted by atomic mass is 10.1. The van der Waals surface area contributed by atoms with Gasteiger partial charge in [-0.2, -0.15) is 12.6 Å². The van der Waals surface area contributed by atoms with Gasteiger partial charge in [0.2, 0.25) is 5.91 Å². The topological polar surface area (TPSA) is 20.3 Å². The number of unbranched alkanes of at least 4 members (excludes halogenated alkanes) is 4. The van der Waals surface area contributed by atoms with Crippen molar-refractivity contribution >= 4 is 18.5 Å². The molecule has 1 unspecified atom stereocenters. The highest BCUT2D eigenvalue weighted by atomic mass is 32.1. The summed E-state index contributed by atoms with van der Waals surface area (Å²) in [6.45, 7) is 4.13. The molecule has 0 bridgehead atoms. The van der Waals surface area contributed by atoms with Crippen LogP contribution in [0.4, 0.5) is 0 Å². The molecule has 1 atom stereocenters. The van der Waals surface area contributed by atoms with E-state index in [1.54, 1.807) is 0 Å². The molecule has 1 aliphatic rings. The highest BCUT2D eigenvalue weighted by molar-refractivity contribution is 7.80. The molecule has 0 aromatic heterocycles. The quantitative estimate of drug-likeness (QED) is 0.526. The SMILES string of the molecule is CCCCCCCN1CC(CS)CC1=O.